The summed E-state index contributed by atoms with van der Waals surface area (Å²) in [4.78, 5) is 52.5. The van der Waals surface area contributed by atoms with Gasteiger partial charge in [-0.15, -0.1) is 0 Å². The molecule has 0 radical (unpaired) electrons. The lowest BCUT2D eigenvalue weighted by atomic mass is 9.66. The summed E-state index contributed by atoms with van der Waals surface area (Å²) in [5.74, 6) is -0.225. The first kappa shape index (κ1) is 50.5. The fourth-order valence-electron chi connectivity index (χ4n) is 9.58. The summed E-state index contributed by atoms with van der Waals surface area (Å²) in [5, 5.41) is 3.21. The molecule has 6 atom stereocenters. The first-order valence-corrected chi connectivity index (χ1v) is 30.9. The van der Waals surface area contributed by atoms with Crippen molar-refractivity contribution in [2.45, 2.75) is 181 Å². The molecule has 2 saturated carbocycles. The van der Waals surface area contributed by atoms with Gasteiger partial charge in [0.2, 0.25) is 11.2 Å². The third kappa shape index (κ3) is 7.39. The van der Waals surface area contributed by atoms with E-state index in [1.54, 1.807) is 23.5 Å². The van der Waals surface area contributed by atoms with Gasteiger partial charge in [0.25, 0.3) is 0 Å². The second kappa shape index (κ2) is 16.1. The van der Waals surface area contributed by atoms with Crippen molar-refractivity contribution in [3.8, 4) is 11.5 Å². The topological polar surface area (TPSA) is 105 Å². The second-order valence-electron chi connectivity index (χ2n) is 23.1. The molecule has 62 heavy (non-hydrogen) atoms. The zero-order valence-corrected chi connectivity index (χ0v) is 45.2. The van der Waals surface area contributed by atoms with Gasteiger partial charge < -0.3 is 18.9 Å². The molecule has 0 N–H and O–H groups in total. The van der Waals surface area contributed by atoms with Gasteiger partial charge in [-0.1, -0.05) is 130 Å². The number of thioether (sulfide) groups is 2. The molecule has 2 saturated heterocycles. The van der Waals surface area contributed by atoms with Crippen LogP contribution >= 0.6 is 23.5 Å². The van der Waals surface area contributed by atoms with Crippen LogP contribution in [-0.4, -0.2) is 63.7 Å². The van der Waals surface area contributed by atoms with Gasteiger partial charge in [0.15, 0.2) is 0 Å². The van der Waals surface area contributed by atoms with Crippen LogP contribution in [0.5, 0.6) is 11.5 Å². The summed E-state index contributed by atoms with van der Waals surface area (Å²) >= 11 is 3.44. The molecule has 12 heteroatoms. The number of carbonyl (C=O) groups excluding carboxylic acids is 4. The Morgan fingerprint density at radius 3 is 1.13 bits per heavy atom. The lowest BCUT2D eigenvalue weighted by Crippen LogP contribution is -2.51. The highest BCUT2D eigenvalue weighted by molar-refractivity contribution is 7.99. The Morgan fingerprint density at radius 1 is 0.597 bits per heavy atom. The maximum atomic E-state index is 13.6. The molecular weight excluding hydrogens is 849 g/mol. The Bertz CT molecular complexity index is 1980. The highest BCUT2D eigenvalue weighted by atomic mass is 32.2. The molecule has 0 spiro atoms. The number of hydrogen-bond donors (Lipinski definition) is 0. The Hall–Kier alpha value is -2.55. The number of ether oxygens (including phenoxy) is 4. The minimum absolute atomic E-state index is 0.163. The van der Waals surface area contributed by atoms with Gasteiger partial charge in [-0.25, -0.2) is 9.59 Å². The predicted octanol–water partition coefficient (Wildman–Crippen LogP) is 11.7. The normalized spacial score (nSPS) is 28.4. The van der Waals surface area contributed by atoms with Crippen molar-refractivity contribution in [1.82, 2.24) is 0 Å². The first-order chi connectivity index (χ1) is 28.1. The van der Waals surface area contributed by atoms with E-state index < -0.39 is 60.9 Å². The first-order valence-electron chi connectivity index (χ1n) is 22.4. The zero-order chi connectivity index (χ0) is 47.2. The van der Waals surface area contributed by atoms with Crippen molar-refractivity contribution in [1.29, 1.82) is 0 Å². The minimum atomic E-state index is -1.82. The second-order valence-corrected chi connectivity index (χ2v) is 36.1. The predicted molar refractivity (Wildman–Crippen MR) is 262 cm³/mol. The zero-order valence-electron chi connectivity index (χ0n) is 41.5. The van der Waals surface area contributed by atoms with E-state index in [1.807, 2.05) is 41.5 Å². The third-order valence-corrected chi connectivity index (χ3v) is 31.0. The Labute approximate surface area is 383 Å². The molecule has 8 nitrogen and oxygen atoms in total. The van der Waals surface area contributed by atoms with Crippen molar-refractivity contribution in [3.63, 3.8) is 0 Å². The van der Waals surface area contributed by atoms with Crippen LogP contribution in [0.3, 0.4) is 0 Å². The summed E-state index contributed by atoms with van der Waals surface area (Å²) < 4.78 is 23.8. The number of esters is 4. The van der Waals surface area contributed by atoms with Gasteiger partial charge in [0.05, 0.1) is 27.0 Å². The van der Waals surface area contributed by atoms with Crippen molar-refractivity contribution in [3.05, 3.63) is 47.5 Å². The summed E-state index contributed by atoms with van der Waals surface area (Å²) in [7, 11) is -3.63. The van der Waals surface area contributed by atoms with Crippen LogP contribution in [0.15, 0.2) is 36.4 Å². The summed E-state index contributed by atoms with van der Waals surface area (Å²) in [6.45, 7) is 39.0. The molecule has 4 bridgehead atoms. The number of carbonyl (C=O) groups is 4. The smallest absolute Gasteiger partial charge is 0.356 e. The molecule has 0 amide bonds. The van der Waals surface area contributed by atoms with Crippen LogP contribution in [-0.2, 0) is 28.7 Å². The number of benzene rings is 2. The average Bonchev–Trinajstić information content (AvgIpc) is 3.64. The van der Waals surface area contributed by atoms with E-state index in [2.05, 4.69) is 130 Å². The lowest BCUT2D eigenvalue weighted by Gasteiger charge is -2.38. The van der Waals surface area contributed by atoms with Crippen molar-refractivity contribution < 1.29 is 38.1 Å². The van der Waals surface area contributed by atoms with E-state index in [-0.39, 0.29) is 32.5 Å². The molecule has 2 aliphatic carbocycles. The van der Waals surface area contributed by atoms with Crippen LogP contribution in [0.1, 0.15) is 144 Å². The van der Waals surface area contributed by atoms with Gasteiger partial charge >= 0.3 is 23.9 Å². The fraction of sp³-hybridized carbons (Fsp3) is 0.680. The van der Waals surface area contributed by atoms with E-state index in [0.29, 0.717) is 37.2 Å². The molecule has 2 aromatic carbocycles. The van der Waals surface area contributed by atoms with Gasteiger partial charge in [0.1, 0.15) is 11.5 Å². The molecule has 2 heterocycles. The minimum Gasteiger partial charge on any atom is -0.446 e. The monoisotopic (exact) mass is 924 g/mol. The number of rotatable bonds is 10. The van der Waals surface area contributed by atoms with Crippen LogP contribution in [0.2, 0.25) is 36.3 Å². The van der Waals surface area contributed by atoms with Crippen molar-refractivity contribution in [2.24, 2.45) is 21.7 Å². The molecule has 4 fully saturated rings. The molecule has 0 unspecified atom stereocenters. The largest absolute Gasteiger partial charge is 0.446 e. The quantitative estimate of drug-likeness (QED) is 0.130. The molecular formula is C50H76O8S2Si2. The number of hydrogen-bond acceptors (Lipinski definition) is 10. The fourth-order valence-corrected chi connectivity index (χ4v) is 14.2. The molecule has 2 aliphatic heterocycles. The standard InChI is InChI=1S/2C25H38O4SSi/c2*1-16(30-8)18-12-11-17(31(9,10)22(2,3)4)15-19(18)28-21(27)25-14-13-24(7,20(26)29-25)23(25,5)6/h2*11-12,15-16H,13-14H2,1-10H3/t2*16-,24-,25+/m00/s1. The van der Waals surface area contributed by atoms with E-state index in [0.717, 1.165) is 11.1 Å². The molecule has 2 aromatic rings. The molecule has 4 aliphatic rings. The maximum absolute atomic E-state index is 13.6. The highest BCUT2D eigenvalue weighted by Gasteiger charge is 2.77. The van der Waals surface area contributed by atoms with Crippen molar-refractivity contribution in [2.75, 3.05) is 12.5 Å². The summed E-state index contributed by atoms with van der Waals surface area (Å²) in [5.41, 5.74) is -2.95. The van der Waals surface area contributed by atoms with Gasteiger partial charge in [-0.05, 0) is 88.1 Å². The average molecular weight is 925 g/mol. The van der Waals surface area contributed by atoms with E-state index >= 15 is 0 Å². The van der Waals surface area contributed by atoms with Crippen LogP contribution in [0, 0.1) is 21.7 Å². The third-order valence-electron chi connectivity index (χ3n) is 18.0. The van der Waals surface area contributed by atoms with E-state index in [4.69, 9.17) is 18.9 Å². The Kier molecular flexibility index (Phi) is 13.1. The molecule has 6 rings (SSSR count). The van der Waals surface area contributed by atoms with Gasteiger partial charge in [-0.2, -0.15) is 23.5 Å². The molecule has 0 aromatic heterocycles. The van der Waals surface area contributed by atoms with E-state index in [9.17, 15) is 19.2 Å². The maximum Gasteiger partial charge on any atom is 0.356 e. The van der Waals surface area contributed by atoms with Crippen LogP contribution in [0.4, 0.5) is 0 Å². The van der Waals surface area contributed by atoms with Crippen molar-refractivity contribution >= 4 is 73.9 Å². The molecule has 344 valence electrons. The van der Waals surface area contributed by atoms with E-state index in [1.165, 1.54) is 10.4 Å². The lowest BCUT2D eigenvalue weighted by molar-refractivity contribution is -0.176. The SMILES string of the molecule is CS[C@@H](C)c1ccc([Si](C)(C)C(C)(C)C)cc1OC(=O)[C@@]12CC[C@@](C)(C(=O)O1)C2(C)C.CS[C@@H](C)c1ccc([Si](C)(C)C(C)(C)C)cc1OC(=O)[C@@]12CC[C@@](C)(C(=O)O1)C2(C)C. The Balaban J connectivity index is 0.000000234. The van der Waals surface area contributed by atoms with Crippen LogP contribution in [0.25, 0.3) is 0 Å². The highest BCUT2D eigenvalue weighted by Crippen LogP contribution is 2.67. The van der Waals surface area contributed by atoms with Gasteiger partial charge in [0, 0.05) is 32.5 Å². The Morgan fingerprint density at radius 2 is 0.903 bits per heavy atom. The van der Waals surface area contributed by atoms with Gasteiger partial charge in [-0.3, -0.25) is 9.59 Å². The van der Waals surface area contributed by atoms with Crippen LogP contribution < -0.4 is 19.8 Å². The summed E-state index contributed by atoms with van der Waals surface area (Å²) in [6, 6.07) is 12.8. The number of fused-ring (bicyclic) bond motifs is 4. The summed E-state index contributed by atoms with van der Waals surface area (Å²) in [6.07, 6.45) is 6.42.